The Morgan fingerprint density at radius 2 is 2.27 bits per heavy atom. The van der Waals surface area contributed by atoms with Crippen LogP contribution in [-0.2, 0) is 0 Å². The first-order chi connectivity index (χ1) is 7.18. The van der Waals surface area contributed by atoms with Crippen LogP contribution in [0.2, 0.25) is 0 Å². The molecule has 1 atom stereocenters. The molecule has 1 fully saturated rings. The molecule has 1 unspecified atom stereocenters. The molecule has 2 rings (SSSR count). The zero-order valence-corrected chi connectivity index (χ0v) is 9.36. The summed E-state index contributed by atoms with van der Waals surface area (Å²) < 4.78 is 0. The van der Waals surface area contributed by atoms with Gasteiger partial charge in [0.05, 0.1) is 0 Å². The standard InChI is InChI=1S/C13H17NO/c1-10-5-3-7-12(9-10)13(15)14-8-4-6-11(14)2/h3,5,7,9,11H,4,6,8H2,1-2H3. The van der Waals surface area contributed by atoms with E-state index in [1.165, 1.54) is 0 Å². The third-order valence-corrected chi connectivity index (χ3v) is 3.08. The molecule has 0 aromatic heterocycles. The third kappa shape index (κ3) is 2.04. The van der Waals surface area contributed by atoms with Crippen molar-refractivity contribution in [1.29, 1.82) is 0 Å². The predicted octanol–water partition coefficient (Wildman–Crippen LogP) is 2.62. The van der Waals surface area contributed by atoms with Crippen molar-refractivity contribution in [1.82, 2.24) is 4.90 Å². The molecule has 15 heavy (non-hydrogen) atoms. The summed E-state index contributed by atoms with van der Waals surface area (Å²) in [5, 5.41) is 0. The van der Waals surface area contributed by atoms with Crippen LogP contribution in [0.1, 0.15) is 35.7 Å². The van der Waals surface area contributed by atoms with Crippen LogP contribution in [0.3, 0.4) is 0 Å². The molecule has 1 aromatic carbocycles. The zero-order chi connectivity index (χ0) is 10.8. The maximum Gasteiger partial charge on any atom is 0.254 e. The fourth-order valence-corrected chi connectivity index (χ4v) is 2.18. The number of carbonyl (C=O) groups excluding carboxylic acids is 1. The SMILES string of the molecule is Cc1cccc(C(=O)N2CCCC2C)c1. The monoisotopic (exact) mass is 203 g/mol. The van der Waals surface area contributed by atoms with E-state index in [1.807, 2.05) is 36.1 Å². The number of benzene rings is 1. The first kappa shape index (κ1) is 10.2. The molecule has 0 saturated carbocycles. The van der Waals surface area contributed by atoms with Gasteiger partial charge in [-0.1, -0.05) is 17.7 Å². The Morgan fingerprint density at radius 1 is 1.47 bits per heavy atom. The van der Waals surface area contributed by atoms with Gasteiger partial charge in [-0.15, -0.1) is 0 Å². The minimum Gasteiger partial charge on any atom is -0.336 e. The highest BCUT2D eigenvalue weighted by Gasteiger charge is 2.25. The van der Waals surface area contributed by atoms with E-state index in [-0.39, 0.29) is 5.91 Å². The van der Waals surface area contributed by atoms with Crippen molar-refractivity contribution in [2.75, 3.05) is 6.54 Å². The van der Waals surface area contributed by atoms with Crippen LogP contribution in [0.25, 0.3) is 0 Å². The molecule has 0 aliphatic carbocycles. The molecular weight excluding hydrogens is 186 g/mol. The van der Waals surface area contributed by atoms with E-state index < -0.39 is 0 Å². The van der Waals surface area contributed by atoms with E-state index >= 15 is 0 Å². The first-order valence-electron chi connectivity index (χ1n) is 5.56. The molecule has 1 aliphatic rings. The minimum atomic E-state index is 0.184. The Kier molecular flexibility index (Phi) is 2.76. The fourth-order valence-electron chi connectivity index (χ4n) is 2.18. The van der Waals surface area contributed by atoms with Gasteiger partial charge in [0.25, 0.3) is 5.91 Å². The Hall–Kier alpha value is -1.31. The summed E-state index contributed by atoms with van der Waals surface area (Å²) in [4.78, 5) is 14.1. The van der Waals surface area contributed by atoms with Gasteiger partial charge < -0.3 is 4.90 Å². The van der Waals surface area contributed by atoms with Gasteiger partial charge in [-0.05, 0) is 38.8 Å². The van der Waals surface area contributed by atoms with Crippen molar-refractivity contribution < 1.29 is 4.79 Å². The van der Waals surface area contributed by atoms with Crippen LogP contribution in [0, 0.1) is 6.92 Å². The predicted molar refractivity (Wildman–Crippen MR) is 60.9 cm³/mol. The quantitative estimate of drug-likeness (QED) is 0.687. The largest absolute Gasteiger partial charge is 0.336 e. The van der Waals surface area contributed by atoms with E-state index in [4.69, 9.17) is 0 Å². The van der Waals surface area contributed by atoms with Crippen LogP contribution in [0.5, 0.6) is 0 Å². The molecule has 1 amide bonds. The Balaban J connectivity index is 2.20. The average Bonchev–Trinajstić information content (AvgIpc) is 2.63. The lowest BCUT2D eigenvalue weighted by atomic mass is 10.1. The maximum absolute atomic E-state index is 12.1. The molecule has 2 nitrogen and oxygen atoms in total. The van der Waals surface area contributed by atoms with Crippen molar-refractivity contribution >= 4 is 5.91 Å². The van der Waals surface area contributed by atoms with Crippen molar-refractivity contribution in [3.8, 4) is 0 Å². The summed E-state index contributed by atoms with van der Waals surface area (Å²) in [6.07, 6.45) is 2.27. The van der Waals surface area contributed by atoms with E-state index in [1.54, 1.807) is 0 Å². The van der Waals surface area contributed by atoms with Gasteiger partial charge in [0.2, 0.25) is 0 Å². The minimum absolute atomic E-state index is 0.184. The number of carbonyl (C=O) groups is 1. The molecule has 0 radical (unpaired) electrons. The van der Waals surface area contributed by atoms with E-state index in [9.17, 15) is 4.79 Å². The number of likely N-dealkylation sites (tertiary alicyclic amines) is 1. The van der Waals surface area contributed by atoms with Gasteiger partial charge in [0.1, 0.15) is 0 Å². The molecule has 1 saturated heterocycles. The number of hydrogen-bond donors (Lipinski definition) is 0. The molecule has 1 aliphatic heterocycles. The van der Waals surface area contributed by atoms with Gasteiger partial charge >= 0.3 is 0 Å². The van der Waals surface area contributed by atoms with Crippen molar-refractivity contribution in [3.05, 3.63) is 35.4 Å². The topological polar surface area (TPSA) is 20.3 Å². The lowest BCUT2D eigenvalue weighted by Gasteiger charge is -2.21. The number of aryl methyl sites for hydroxylation is 1. The molecular formula is C13H17NO. The summed E-state index contributed by atoms with van der Waals surface area (Å²) in [5.41, 5.74) is 1.97. The van der Waals surface area contributed by atoms with Crippen LogP contribution >= 0.6 is 0 Å². The third-order valence-electron chi connectivity index (χ3n) is 3.08. The summed E-state index contributed by atoms with van der Waals surface area (Å²) in [5.74, 6) is 0.184. The van der Waals surface area contributed by atoms with Gasteiger partial charge in [0, 0.05) is 18.2 Å². The highest BCUT2D eigenvalue weighted by atomic mass is 16.2. The van der Waals surface area contributed by atoms with Gasteiger partial charge in [0.15, 0.2) is 0 Å². The van der Waals surface area contributed by atoms with Crippen molar-refractivity contribution in [2.24, 2.45) is 0 Å². The van der Waals surface area contributed by atoms with Crippen LogP contribution in [0.15, 0.2) is 24.3 Å². The van der Waals surface area contributed by atoms with Gasteiger partial charge in [-0.2, -0.15) is 0 Å². The van der Waals surface area contributed by atoms with Crippen LogP contribution in [0.4, 0.5) is 0 Å². The van der Waals surface area contributed by atoms with Crippen molar-refractivity contribution in [2.45, 2.75) is 32.7 Å². The lowest BCUT2D eigenvalue weighted by molar-refractivity contribution is 0.0747. The highest BCUT2D eigenvalue weighted by Crippen LogP contribution is 2.19. The second-order valence-corrected chi connectivity index (χ2v) is 4.36. The second-order valence-electron chi connectivity index (χ2n) is 4.36. The smallest absolute Gasteiger partial charge is 0.254 e. The van der Waals surface area contributed by atoms with Crippen LogP contribution < -0.4 is 0 Å². The Labute approximate surface area is 90.9 Å². The average molecular weight is 203 g/mol. The van der Waals surface area contributed by atoms with E-state index in [0.29, 0.717) is 6.04 Å². The molecule has 1 heterocycles. The lowest BCUT2D eigenvalue weighted by Crippen LogP contribution is -2.33. The fraction of sp³-hybridized carbons (Fsp3) is 0.462. The van der Waals surface area contributed by atoms with Crippen molar-refractivity contribution in [3.63, 3.8) is 0 Å². The zero-order valence-electron chi connectivity index (χ0n) is 9.36. The number of nitrogens with zero attached hydrogens (tertiary/aromatic N) is 1. The van der Waals surface area contributed by atoms with Crippen LogP contribution in [-0.4, -0.2) is 23.4 Å². The number of amides is 1. The molecule has 1 aromatic rings. The summed E-state index contributed by atoms with van der Waals surface area (Å²) >= 11 is 0. The molecule has 80 valence electrons. The molecule has 0 spiro atoms. The summed E-state index contributed by atoms with van der Waals surface area (Å²) in [6.45, 7) is 5.05. The summed E-state index contributed by atoms with van der Waals surface area (Å²) in [7, 11) is 0. The Bertz CT molecular complexity index is 373. The Morgan fingerprint density at radius 3 is 2.87 bits per heavy atom. The van der Waals surface area contributed by atoms with Gasteiger partial charge in [-0.3, -0.25) is 4.79 Å². The molecule has 0 N–H and O–H groups in total. The highest BCUT2D eigenvalue weighted by molar-refractivity contribution is 5.94. The molecule has 0 bridgehead atoms. The molecule has 2 heteroatoms. The van der Waals surface area contributed by atoms with E-state index in [0.717, 1.165) is 30.5 Å². The van der Waals surface area contributed by atoms with Gasteiger partial charge in [-0.25, -0.2) is 0 Å². The second kappa shape index (κ2) is 4.05. The maximum atomic E-state index is 12.1. The number of hydrogen-bond acceptors (Lipinski definition) is 1. The number of rotatable bonds is 1. The van der Waals surface area contributed by atoms with E-state index in [2.05, 4.69) is 6.92 Å². The normalized spacial score (nSPS) is 20.7. The first-order valence-corrected chi connectivity index (χ1v) is 5.56. The summed E-state index contributed by atoms with van der Waals surface area (Å²) in [6, 6.07) is 8.24.